The van der Waals surface area contributed by atoms with Crippen LogP contribution in [0, 0.1) is 5.92 Å². The molecule has 24 heavy (non-hydrogen) atoms. The van der Waals surface area contributed by atoms with E-state index in [1.165, 1.54) is 25.7 Å². The van der Waals surface area contributed by atoms with Gasteiger partial charge >= 0.3 is 0 Å². The van der Waals surface area contributed by atoms with Crippen LogP contribution < -0.4 is 16.0 Å². The predicted molar refractivity (Wildman–Crippen MR) is 113 cm³/mol. The van der Waals surface area contributed by atoms with Crippen molar-refractivity contribution in [2.75, 3.05) is 24.5 Å². The lowest BCUT2D eigenvalue weighted by atomic mass is 10.1. The Morgan fingerprint density at radius 1 is 1.25 bits per heavy atom. The lowest BCUT2D eigenvalue weighted by molar-refractivity contribution is 0.576. The number of nitrogens with zero attached hydrogens (tertiary/aromatic N) is 3. The molecule has 1 fully saturated rings. The van der Waals surface area contributed by atoms with Crippen molar-refractivity contribution in [1.82, 2.24) is 10.3 Å². The average molecular weight is 445 g/mol. The van der Waals surface area contributed by atoms with E-state index in [4.69, 9.17) is 5.73 Å². The van der Waals surface area contributed by atoms with Gasteiger partial charge in [-0.3, -0.25) is 0 Å². The number of nitrogens with two attached hydrogens (primary N) is 1. The first kappa shape index (κ1) is 21.0. The van der Waals surface area contributed by atoms with E-state index in [2.05, 4.69) is 46.2 Å². The molecule has 6 heteroatoms. The van der Waals surface area contributed by atoms with Crippen LogP contribution in [0.25, 0.3) is 0 Å². The van der Waals surface area contributed by atoms with E-state index < -0.39 is 0 Å². The first-order valence-electron chi connectivity index (χ1n) is 8.89. The Labute approximate surface area is 163 Å². The van der Waals surface area contributed by atoms with Gasteiger partial charge in [0.15, 0.2) is 5.96 Å². The number of pyridine rings is 1. The molecular formula is C18H32IN5. The molecule has 0 radical (unpaired) electrons. The Bertz CT molecular complexity index is 479. The molecule has 1 aliphatic heterocycles. The van der Waals surface area contributed by atoms with Gasteiger partial charge in [0.25, 0.3) is 0 Å². The summed E-state index contributed by atoms with van der Waals surface area (Å²) in [6, 6.07) is 4.22. The summed E-state index contributed by atoms with van der Waals surface area (Å²) in [5.41, 5.74) is 6.98. The Hall–Kier alpha value is -1.05. The topological polar surface area (TPSA) is 66.5 Å². The third kappa shape index (κ3) is 7.68. The second kappa shape index (κ2) is 11.5. The number of halogens is 1. The van der Waals surface area contributed by atoms with Crippen molar-refractivity contribution in [3.05, 3.63) is 23.9 Å². The minimum absolute atomic E-state index is 0. The smallest absolute Gasteiger partial charge is 0.188 e. The van der Waals surface area contributed by atoms with E-state index in [0.717, 1.165) is 37.4 Å². The monoisotopic (exact) mass is 445 g/mol. The molecule has 1 saturated heterocycles. The molecule has 0 aromatic carbocycles. The Morgan fingerprint density at radius 2 is 1.96 bits per heavy atom. The minimum atomic E-state index is 0. The van der Waals surface area contributed by atoms with E-state index in [9.17, 15) is 0 Å². The summed E-state index contributed by atoms with van der Waals surface area (Å²) >= 11 is 0. The van der Waals surface area contributed by atoms with Crippen molar-refractivity contribution in [2.45, 2.75) is 52.5 Å². The molecule has 0 atom stereocenters. The largest absolute Gasteiger partial charge is 0.370 e. The standard InChI is InChI=1S/C18H31N5.HI/c1-15(2)9-10-20-18(19)22-14-16-7-8-17(21-13-16)23-11-5-3-4-6-12-23;/h7-8,13,15H,3-6,9-12,14H2,1-2H3,(H3,19,20,22);1H. The number of hydrogen-bond donors (Lipinski definition) is 2. The van der Waals surface area contributed by atoms with Gasteiger partial charge in [-0.25, -0.2) is 9.98 Å². The SMILES string of the molecule is CC(C)CCNC(N)=NCc1ccc(N2CCCCCC2)nc1.I. The van der Waals surface area contributed by atoms with Gasteiger partial charge in [0, 0.05) is 25.8 Å². The fourth-order valence-corrected chi connectivity index (χ4v) is 2.72. The summed E-state index contributed by atoms with van der Waals surface area (Å²) in [6.07, 6.45) is 8.24. The van der Waals surface area contributed by atoms with E-state index in [-0.39, 0.29) is 24.0 Å². The van der Waals surface area contributed by atoms with E-state index in [1.807, 2.05) is 6.20 Å². The van der Waals surface area contributed by atoms with Gasteiger partial charge in [0.05, 0.1) is 6.54 Å². The Balaban J connectivity index is 0.00000288. The average Bonchev–Trinajstić information content (AvgIpc) is 2.82. The fraction of sp³-hybridized carbons (Fsp3) is 0.667. The Morgan fingerprint density at radius 3 is 2.54 bits per heavy atom. The van der Waals surface area contributed by atoms with Crippen molar-refractivity contribution in [3.63, 3.8) is 0 Å². The highest BCUT2D eigenvalue weighted by Gasteiger charge is 2.10. The van der Waals surface area contributed by atoms with Crippen LogP contribution >= 0.6 is 24.0 Å². The number of aromatic nitrogens is 1. The number of guanidine groups is 1. The van der Waals surface area contributed by atoms with Crippen LogP contribution in [0.4, 0.5) is 5.82 Å². The van der Waals surface area contributed by atoms with Crippen molar-refractivity contribution >= 4 is 35.8 Å². The normalized spacial score (nSPS) is 15.8. The van der Waals surface area contributed by atoms with Gasteiger partial charge in [-0.15, -0.1) is 24.0 Å². The second-order valence-corrected chi connectivity index (χ2v) is 6.74. The predicted octanol–water partition coefficient (Wildman–Crippen LogP) is 3.53. The molecule has 0 aliphatic carbocycles. The molecule has 5 nitrogen and oxygen atoms in total. The quantitative estimate of drug-likeness (QED) is 0.400. The van der Waals surface area contributed by atoms with Crippen molar-refractivity contribution in [1.29, 1.82) is 0 Å². The van der Waals surface area contributed by atoms with Crippen LogP contribution in [0.2, 0.25) is 0 Å². The summed E-state index contributed by atoms with van der Waals surface area (Å²) in [7, 11) is 0. The van der Waals surface area contributed by atoms with Gasteiger partial charge in [-0.05, 0) is 36.8 Å². The zero-order valence-electron chi connectivity index (χ0n) is 15.0. The summed E-state index contributed by atoms with van der Waals surface area (Å²) in [4.78, 5) is 11.4. The van der Waals surface area contributed by atoms with Crippen LogP contribution in [0.1, 0.15) is 51.5 Å². The highest BCUT2D eigenvalue weighted by Crippen LogP contribution is 2.17. The summed E-state index contributed by atoms with van der Waals surface area (Å²) < 4.78 is 0. The highest BCUT2D eigenvalue weighted by atomic mass is 127. The molecule has 0 amide bonds. The van der Waals surface area contributed by atoms with E-state index in [1.54, 1.807) is 0 Å². The molecule has 0 spiro atoms. The number of nitrogens with one attached hydrogen (secondary N) is 1. The molecular weight excluding hydrogens is 413 g/mol. The van der Waals surface area contributed by atoms with Crippen LogP contribution in [0.3, 0.4) is 0 Å². The molecule has 0 unspecified atom stereocenters. The molecule has 136 valence electrons. The zero-order valence-corrected chi connectivity index (χ0v) is 17.3. The molecule has 1 aromatic heterocycles. The van der Waals surface area contributed by atoms with Gasteiger partial charge < -0.3 is 16.0 Å². The van der Waals surface area contributed by atoms with Crippen molar-refractivity contribution in [2.24, 2.45) is 16.6 Å². The molecule has 1 aromatic rings. The lowest BCUT2D eigenvalue weighted by Gasteiger charge is -2.21. The summed E-state index contributed by atoms with van der Waals surface area (Å²) in [5, 5.41) is 3.15. The molecule has 0 saturated carbocycles. The number of hydrogen-bond acceptors (Lipinski definition) is 3. The molecule has 1 aliphatic rings. The van der Waals surface area contributed by atoms with Crippen molar-refractivity contribution in [3.8, 4) is 0 Å². The van der Waals surface area contributed by atoms with Crippen LogP contribution in [-0.2, 0) is 6.54 Å². The van der Waals surface area contributed by atoms with Crippen molar-refractivity contribution < 1.29 is 0 Å². The number of anilines is 1. The molecule has 0 bridgehead atoms. The van der Waals surface area contributed by atoms with E-state index in [0.29, 0.717) is 18.4 Å². The summed E-state index contributed by atoms with van der Waals surface area (Å²) in [5.74, 6) is 2.27. The lowest BCUT2D eigenvalue weighted by Crippen LogP contribution is -2.32. The molecule has 3 N–H and O–H groups in total. The maximum absolute atomic E-state index is 5.88. The van der Waals surface area contributed by atoms with Gasteiger partial charge in [0.2, 0.25) is 0 Å². The van der Waals surface area contributed by atoms with E-state index >= 15 is 0 Å². The zero-order chi connectivity index (χ0) is 16.5. The first-order valence-corrected chi connectivity index (χ1v) is 8.89. The Kier molecular flexibility index (Phi) is 10.1. The van der Waals surface area contributed by atoms with Gasteiger partial charge in [-0.2, -0.15) is 0 Å². The fourth-order valence-electron chi connectivity index (χ4n) is 2.72. The number of rotatable bonds is 6. The van der Waals surface area contributed by atoms with Gasteiger partial charge in [0.1, 0.15) is 5.82 Å². The minimum Gasteiger partial charge on any atom is -0.370 e. The third-order valence-corrected chi connectivity index (χ3v) is 4.20. The second-order valence-electron chi connectivity index (χ2n) is 6.74. The van der Waals surface area contributed by atoms with Crippen LogP contribution in [0.5, 0.6) is 0 Å². The van der Waals surface area contributed by atoms with Crippen LogP contribution in [0.15, 0.2) is 23.3 Å². The maximum atomic E-state index is 5.88. The molecule has 2 rings (SSSR count). The third-order valence-electron chi connectivity index (χ3n) is 4.20. The van der Waals surface area contributed by atoms with Crippen LogP contribution in [-0.4, -0.2) is 30.6 Å². The first-order chi connectivity index (χ1) is 11.1. The number of aliphatic imine (C=N–C) groups is 1. The maximum Gasteiger partial charge on any atom is 0.188 e. The highest BCUT2D eigenvalue weighted by molar-refractivity contribution is 14.0. The molecule has 2 heterocycles. The van der Waals surface area contributed by atoms with Gasteiger partial charge in [-0.1, -0.05) is 32.8 Å². The summed E-state index contributed by atoms with van der Waals surface area (Å²) in [6.45, 7) is 8.10.